The number of carbonyl (C=O) groups excluding carboxylic acids is 1. The van der Waals surface area contributed by atoms with Crippen LogP contribution in [-0.4, -0.2) is 15.5 Å². The highest BCUT2D eigenvalue weighted by Gasteiger charge is 2.13. The maximum atomic E-state index is 12.6. The van der Waals surface area contributed by atoms with Gasteiger partial charge in [0.1, 0.15) is 4.83 Å². The predicted molar refractivity (Wildman–Crippen MR) is 88.1 cm³/mol. The lowest BCUT2D eigenvalue weighted by molar-refractivity contribution is -0.118. The molecule has 0 unspecified atom stereocenters. The molecule has 5 nitrogen and oxygen atoms in total. The van der Waals surface area contributed by atoms with Gasteiger partial charge in [-0.05, 0) is 17.7 Å². The average molecular weight is 334 g/mol. The van der Waals surface area contributed by atoms with Crippen LogP contribution in [-0.2, 0) is 11.3 Å². The summed E-state index contributed by atoms with van der Waals surface area (Å²) in [7, 11) is 0. The Labute approximate surface area is 135 Å². The fourth-order valence-electron chi connectivity index (χ4n) is 2.20. The Morgan fingerprint density at radius 1 is 1.32 bits per heavy atom. The van der Waals surface area contributed by atoms with Crippen LogP contribution in [0.25, 0.3) is 21.3 Å². The smallest absolute Gasteiger partial charge is 0.262 e. The Morgan fingerprint density at radius 2 is 2.05 bits per heavy atom. The number of halogens is 1. The molecule has 7 heteroatoms. The van der Waals surface area contributed by atoms with Gasteiger partial charge in [-0.15, -0.1) is 11.3 Å². The number of thiophene rings is 1. The first-order valence-corrected chi connectivity index (χ1v) is 7.83. The summed E-state index contributed by atoms with van der Waals surface area (Å²) in [6, 6.07) is 7.29. The lowest BCUT2D eigenvalue weighted by atomic mass is 10.1. The summed E-state index contributed by atoms with van der Waals surface area (Å²) in [5.41, 5.74) is 6.69. The number of aromatic nitrogens is 2. The number of nitrogens with two attached hydrogens (primary N) is 1. The van der Waals surface area contributed by atoms with Crippen molar-refractivity contribution in [3.63, 3.8) is 0 Å². The highest BCUT2D eigenvalue weighted by atomic mass is 35.5. The van der Waals surface area contributed by atoms with Gasteiger partial charge in [-0.3, -0.25) is 14.2 Å². The maximum absolute atomic E-state index is 12.6. The van der Waals surface area contributed by atoms with E-state index >= 15 is 0 Å². The number of nitrogens with zero attached hydrogens (tertiary/aromatic N) is 2. The number of primary amides is 1. The number of benzene rings is 1. The molecule has 112 valence electrons. The van der Waals surface area contributed by atoms with Gasteiger partial charge in [0.2, 0.25) is 5.91 Å². The third-order valence-corrected chi connectivity index (χ3v) is 4.45. The van der Waals surface area contributed by atoms with E-state index in [2.05, 4.69) is 4.98 Å². The molecule has 3 aromatic rings. The van der Waals surface area contributed by atoms with Crippen LogP contribution in [0.5, 0.6) is 0 Å². The molecule has 2 aromatic heterocycles. The van der Waals surface area contributed by atoms with Crippen molar-refractivity contribution in [3.05, 3.63) is 51.3 Å². The van der Waals surface area contributed by atoms with Crippen LogP contribution in [0.15, 0.2) is 40.8 Å². The molecule has 0 saturated carbocycles. The molecule has 2 N–H and O–H groups in total. The minimum atomic E-state index is -0.449. The Bertz CT molecular complexity index is 899. The number of hydrogen-bond donors (Lipinski definition) is 1. The fourth-order valence-corrected chi connectivity index (χ4v) is 3.23. The first-order chi connectivity index (χ1) is 10.6. The number of hydrogen-bond acceptors (Lipinski definition) is 4. The second-order valence-electron chi connectivity index (χ2n) is 4.80. The third kappa shape index (κ3) is 2.75. The van der Waals surface area contributed by atoms with Crippen LogP contribution < -0.4 is 11.3 Å². The number of fused-ring (bicyclic) bond motifs is 1. The zero-order chi connectivity index (χ0) is 15.7. The summed E-state index contributed by atoms with van der Waals surface area (Å²) in [5.74, 6) is -0.449. The van der Waals surface area contributed by atoms with Gasteiger partial charge in [0.05, 0.1) is 11.7 Å². The predicted octanol–water partition coefficient (Wildman–Crippen LogP) is 2.65. The van der Waals surface area contributed by atoms with Crippen molar-refractivity contribution in [2.45, 2.75) is 13.0 Å². The van der Waals surface area contributed by atoms with Gasteiger partial charge < -0.3 is 5.73 Å². The molecule has 0 aliphatic heterocycles. The van der Waals surface area contributed by atoms with Gasteiger partial charge in [-0.1, -0.05) is 23.7 Å². The molecule has 0 aliphatic rings. The van der Waals surface area contributed by atoms with Crippen LogP contribution in [0.4, 0.5) is 0 Å². The number of amides is 1. The normalized spacial score (nSPS) is 11.0. The Morgan fingerprint density at radius 3 is 2.73 bits per heavy atom. The summed E-state index contributed by atoms with van der Waals surface area (Å²) in [5, 5.41) is 3.10. The van der Waals surface area contributed by atoms with Crippen molar-refractivity contribution in [2.24, 2.45) is 5.73 Å². The van der Waals surface area contributed by atoms with Gasteiger partial charge in [0.15, 0.2) is 0 Å². The van der Waals surface area contributed by atoms with Gasteiger partial charge in [0, 0.05) is 28.9 Å². The quantitative estimate of drug-likeness (QED) is 0.797. The van der Waals surface area contributed by atoms with E-state index in [0.29, 0.717) is 15.2 Å². The van der Waals surface area contributed by atoms with Crippen LogP contribution in [0.3, 0.4) is 0 Å². The van der Waals surface area contributed by atoms with Crippen LogP contribution in [0, 0.1) is 0 Å². The molecule has 1 amide bonds. The Kier molecular flexibility index (Phi) is 3.96. The highest BCUT2D eigenvalue weighted by molar-refractivity contribution is 7.17. The van der Waals surface area contributed by atoms with Crippen molar-refractivity contribution in [1.82, 2.24) is 9.55 Å². The van der Waals surface area contributed by atoms with Gasteiger partial charge in [-0.2, -0.15) is 0 Å². The van der Waals surface area contributed by atoms with Crippen molar-refractivity contribution >= 4 is 39.1 Å². The largest absolute Gasteiger partial charge is 0.370 e. The first-order valence-electron chi connectivity index (χ1n) is 6.57. The summed E-state index contributed by atoms with van der Waals surface area (Å²) < 4.78 is 1.42. The molecule has 22 heavy (non-hydrogen) atoms. The van der Waals surface area contributed by atoms with E-state index in [1.54, 1.807) is 12.1 Å². The molecule has 0 spiro atoms. The standard InChI is InChI=1S/C15H12ClN3O2S/c16-10-3-1-9(2-4-10)11-7-22-14-13(11)15(21)19(8-18-14)6-5-12(17)20/h1-4,7-8H,5-6H2,(H2,17,20). The zero-order valence-electron chi connectivity index (χ0n) is 11.5. The number of carbonyl (C=O) groups is 1. The highest BCUT2D eigenvalue weighted by Crippen LogP contribution is 2.31. The van der Waals surface area contributed by atoms with Crippen molar-refractivity contribution in [2.75, 3.05) is 0 Å². The van der Waals surface area contributed by atoms with Crippen LogP contribution in [0.1, 0.15) is 6.42 Å². The van der Waals surface area contributed by atoms with Gasteiger partial charge in [-0.25, -0.2) is 4.98 Å². The molecular weight excluding hydrogens is 322 g/mol. The summed E-state index contributed by atoms with van der Waals surface area (Å²) >= 11 is 7.31. The molecule has 3 rings (SSSR count). The van der Waals surface area contributed by atoms with E-state index < -0.39 is 5.91 Å². The SMILES string of the molecule is NC(=O)CCn1cnc2scc(-c3ccc(Cl)cc3)c2c1=O. The topological polar surface area (TPSA) is 78.0 Å². The molecular formula is C15H12ClN3O2S. The number of rotatable bonds is 4. The maximum Gasteiger partial charge on any atom is 0.262 e. The zero-order valence-corrected chi connectivity index (χ0v) is 13.0. The molecule has 0 saturated heterocycles. The summed E-state index contributed by atoms with van der Waals surface area (Å²) in [6.45, 7) is 0.229. The van der Waals surface area contributed by atoms with E-state index in [-0.39, 0.29) is 18.5 Å². The first kappa shape index (κ1) is 14.7. The van der Waals surface area contributed by atoms with Crippen molar-refractivity contribution in [1.29, 1.82) is 0 Å². The lowest BCUT2D eigenvalue weighted by Crippen LogP contribution is -2.23. The second kappa shape index (κ2) is 5.90. The van der Waals surface area contributed by atoms with Crippen LogP contribution >= 0.6 is 22.9 Å². The Balaban J connectivity index is 2.12. The molecule has 2 heterocycles. The fraction of sp³-hybridized carbons (Fsp3) is 0.133. The average Bonchev–Trinajstić information content (AvgIpc) is 2.92. The van der Waals surface area contributed by atoms with E-state index in [1.807, 2.05) is 17.5 Å². The summed E-state index contributed by atoms with van der Waals surface area (Å²) in [4.78, 5) is 28.5. The minimum absolute atomic E-state index is 0.105. The number of aryl methyl sites for hydroxylation is 1. The van der Waals surface area contributed by atoms with E-state index in [9.17, 15) is 9.59 Å². The van der Waals surface area contributed by atoms with Crippen molar-refractivity contribution < 1.29 is 4.79 Å². The van der Waals surface area contributed by atoms with E-state index in [0.717, 1.165) is 11.1 Å². The molecule has 0 bridgehead atoms. The molecule has 0 radical (unpaired) electrons. The molecule has 0 aliphatic carbocycles. The van der Waals surface area contributed by atoms with E-state index in [1.165, 1.54) is 22.2 Å². The van der Waals surface area contributed by atoms with Crippen LogP contribution in [0.2, 0.25) is 5.02 Å². The van der Waals surface area contributed by atoms with Gasteiger partial charge in [0.25, 0.3) is 5.56 Å². The van der Waals surface area contributed by atoms with E-state index in [4.69, 9.17) is 17.3 Å². The molecule has 0 fully saturated rings. The monoisotopic (exact) mass is 333 g/mol. The lowest BCUT2D eigenvalue weighted by Gasteiger charge is -2.05. The minimum Gasteiger partial charge on any atom is -0.370 e. The second-order valence-corrected chi connectivity index (χ2v) is 6.09. The molecule has 1 aromatic carbocycles. The molecule has 0 atom stereocenters. The summed E-state index contributed by atoms with van der Waals surface area (Å²) in [6.07, 6.45) is 1.56. The van der Waals surface area contributed by atoms with Gasteiger partial charge >= 0.3 is 0 Å². The van der Waals surface area contributed by atoms with Crippen molar-refractivity contribution in [3.8, 4) is 11.1 Å². The third-order valence-electron chi connectivity index (χ3n) is 3.32. The Hall–Kier alpha value is -2.18.